The van der Waals surface area contributed by atoms with Gasteiger partial charge in [0.05, 0.1) is 30.0 Å². The number of esters is 1. The number of hydrogen-bond donors (Lipinski definition) is 0. The van der Waals surface area contributed by atoms with Gasteiger partial charge in [0.25, 0.3) is 5.91 Å². The Morgan fingerprint density at radius 1 is 1.31 bits per heavy atom. The lowest BCUT2D eigenvalue weighted by molar-refractivity contribution is -0.149. The molecular formula is C20H22F3N3O3. The second-order valence-electron chi connectivity index (χ2n) is 7.00. The number of amides is 1. The second kappa shape index (κ2) is 8.26. The number of halogens is 3. The number of carbonyl (C=O) groups is 2. The third kappa shape index (κ3) is 4.44. The Balaban J connectivity index is 1.94. The molecule has 1 fully saturated rings. The average Bonchev–Trinajstić information content (AvgIpc) is 3.13. The van der Waals surface area contributed by atoms with Crippen molar-refractivity contribution >= 4 is 11.9 Å². The highest BCUT2D eigenvalue weighted by Crippen LogP contribution is 2.35. The molecule has 1 aromatic carbocycles. The number of benzene rings is 1. The summed E-state index contributed by atoms with van der Waals surface area (Å²) < 4.78 is 47.3. The molecule has 6 nitrogen and oxygen atoms in total. The highest BCUT2D eigenvalue weighted by Gasteiger charge is 2.42. The van der Waals surface area contributed by atoms with Crippen LogP contribution < -0.4 is 0 Å². The molecule has 0 spiro atoms. The molecule has 0 N–H and O–H groups in total. The summed E-state index contributed by atoms with van der Waals surface area (Å²) >= 11 is 0. The fourth-order valence-corrected chi connectivity index (χ4v) is 3.52. The molecule has 29 heavy (non-hydrogen) atoms. The van der Waals surface area contributed by atoms with Gasteiger partial charge in [0, 0.05) is 13.1 Å². The lowest BCUT2D eigenvalue weighted by Crippen LogP contribution is -2.43. The monoisotopic (exact) mass is 409 g/mol. The summed E-state index contributed by atoms with van der Waals surface area (Å²) in [5.41, 5.74) is -0.651. The SMILES string of the molecule is CCOC(=O)C1CCCN(C(=O)c2cnn(-c3cccc(C)c3)c2C(F)(F)F)C1. The van der Waals surface area contributed by atoms with Gasteiger partial charge < -0.3 is 9.64 Å². The van der Waals surface area contributed by atoms with Crippen molar-refractivity contribution in [2.45, 2.75) is 32.9 Å². The van der Waals surface area contributed by atoms with Crippen molar-refractivity contribution in [3.05, 3.63) is 47.3 Å². The van der Waals surface area contributed by atoms with Crippen LogP contribution in [0.5, 0.6) is 0 Å². The Hall–Kier alpha value is -2.84. The first-order valence-corrected chi connectivity index (χ1v) is 9.40. The predicted molar refractivity (Wildman–Crippen MR) is 98.6 cm³/mol. The second-order valence-corrected chi connectivity index (χ2v) is 7.00. The third-order valence-corrected chi connectivity index (χ3v) is 4.84. The fourth-order valence-electron chi connectivity index (χ4n) is 3.52. The molecule has 1 aliphatic rings. The van der Waals surface area contributed by atoms with Crippen LogP contribution in [0.1, 0.15) is 41.4 Å². The van der Waals surface area contributed by atoms with E-state index in [4.69, 9.17) is 4.74 Å². The molecule has 3 rings (SSSR count). The van der Waals surface area contributed by atoms with Gasteiger partial charge in [-0.1, -0.05) is 12.1 Å². The molecule has 156 valence electrons. The minimum absolute atomic E-state index is 0.0323. The van der Waals surface area contributed by atoms with Gasteiger partial charge in [0.2, 0.25) is 0 Å². The van der Waals surface area contributed by atoms with Crippen LogP contribution in [0.2, 0.25) is 0 Å². The minimum Gasteiger partial charge on any atom is -0.466 e. The molecule has 9 heteroatoms. The first-order chi connectivity index (χ1) is 13.7. The van der Waals surface area contributed by atoms with Crippen LogP contribution in [0, 0.1) is 12.8 Å². The van der Waals surface area contributed by atoms with E-state index in [1.807, 2.05) is 0 Å². The highest BCUT2D eigenvalue weighted by molar-refractivity contribution is 5.96. The van der Waals surface area contributed by atoms with Crippen LogP contribution in [0.25, 0.3) is 5.69 Å². The third-order valence-electron chi connectivity index (χ3n) is 4.84. The van der Waals surface area contributed by atoms with Crippen molar-refractivity contribution in [2.75, 3.05) is 19.7 Å². The average molecular weight is 409 g/mol. The van der Waals surface area contributed by atoms with E-state index in [9.17, 15) is 22.8 Å². The molecular weight excluding hydrogens is 387 g/mol. The molecule has 0 radical (unpaired) electrons. The first kappa shape index (κ1) is 20.9. The van der Waals surface area contributed by atoms with Crippen LogP contribution in [-0.4, -0.2) is 46.3 Å². The van der Waals surface area contributed by atoms with E-state index in [2.05, 4.69) is 5.10 Å². The standard InChI is InChI=1S/C20H22F3N3O3/c1-3-29-19(28)14-7-5-9-25(12-14)18(27)16-11-24-26(17(16)20(21,22)23)15-8-4-6-13(2)10-15/h4,6,8,10-11,14H,3,5,7,9,12H2,1-2H3. The van der Waals surface area contributed by atoms with Gasteiger partial charge in [-0.15, -0.1) is 0 Å². The number of likely N-dealkylation sites (tertiary alicyclic amines) is 1. The largest absolute Gasteiger partial charge is 0.466 e. The lowest BCUT2D eigenvalue weighted by atomic mass is 9.97. The van der Waals surface area contributed by atoms with Gasteiger partial charge in [-0.2, -0.15) is 18.3 Å². The number of aryl methyl sites for hydroxylation is 1. The molecule has 1 amide bonds. The van der Waals surface area contributed by atoms with E-state index in [-0.39, 0.29) is 25.4 Å². The van der Waals surface area contributed by atoms with Crippen LogP contribution in [0.4, 0.5) is 13.2 Å². The van der Waals surface area contributed by atoms with Gasteiger partial charge in [0.1, 0.15) is 0 Å². The summed E-state index contributed by atoms with van der Waals surface area (Å²) in [7, 11) is 0. The van der Waals surface area contributed by atoms with E-state index < -0.39 is 35.2 Å². The van der Waals surface area contributed by atoms with Crippen LogP contribution in [-0.2, 0) is 15.7 Å². The number of ether oxygens (including phenoxy) is 1. The van der Waals surface area contributed by atoms with E-state index in [1.165, 1.54) is 11.0 Å². The zero-order chi connectivity index (χ0) is 21.2. The summed E-state index contributed by atoms with van der Waals surface area (Å²) in [6, 6.07) is 6.45. The van der Waals surface area contributed by atoms with Crippen LogP contribution in [0.15, 0.2) is 30.5 Å². The van der Waals surface area contributed by atoms with Crippen LogP contribution in [0.3, 0.4) is 0 Å². The smallest absolute Gasteiger partial charge is 0.434 e. The van der Waals surface area contributed by atoms with E-state index in [1.54, 1.807) is 32.0 Å². The molecule has 1 atom stereocenters. The zero-order valence-electron chi connectivity index (χ0n) is 16.2. The molecule has 0 aliphatic carbocycles. The maximum Gasteiger partial charge on any atom is 0.434 e. The van der Waals surface area contributed by atoms with Crippen LogP contribution >= 0.6 is 0 Å². The van der Waals surface area contributed by atoms with Crippen molar-refractivity contribution in [2.24, 2.45) is 5.92 Å². The Morgan fingerprint density at radius 2 is 2.07 bits per heavy atom. The van der Waals surface area contributed by atoms with Gasteiger partial charge in [0.15, 0.2) is 5.69 Å². The van der Waals surface area contributed by atoms with Crippen molar-refractivity contribution in [1.29, 1.82) is 0 Å². The van der Waals surface area contributed by atoms with Gasteiger partial charge >= 0.3 is 12.1 Å². The topological polar surface area (TPSA) is 64.4 Å². The molecule has 1 aliphatic heterocycles. The Labute approximate surface area is 166 Å². The summed E-state index contributed by atoms with van der Waals surface area (Å²) in [5.74, 6) is -1.75. The number of piperidine rings is 1. The maximum absolute atomic E-state index is 13.9. The van der Waals surface area contributed by atoms with Crippen molar-refractivity contribution in [3.8, 4) is 5.69 Å². The number of carbonyl (C=O) groups excluding carboxylic acids is 2. The highest BCUT2D eigenvalue weighted by atomic mass is 19.4. The number of aromatic nitrogens is 2. The molecule has 2 aromatic rings. The normalized spacial score (nSPS) is 17.3. The summed E-state index contributed by atoms with van der Waals surface area (Å²) in [6.07, 6.45) is -2.77. The van der Waals surface area contributed by atoms with Crippen molar-refractivity contribution < 1.29 is 27.5 Å². The minimum atomic E-state index is -4.78. The van der Waals surface area contributed by atoms with Crippen molar-refractivity contribution in [3.63, 3.8) is 0 Å². The lowest BCUT2D eigenvalue weighted by Gasteiger charge is -2.31. The number of alkyl halides is 3. The summed E-state index contributed by atoms with van der Waals surface area (Å²) in [4.78, 5) is 26.2. The zero-order valence-corrected chi connectivity index (χ0v) is 16.2. The van der Waals surface area contributed by atoms with Crippen molar-refractivity contribution in [1.82, 2.24) is 14.7 Å². The summed E-state index contributed by atoms with van der Waals surface area (Å²) in [6.45, 7) is 3.96. The number of rotatable bonds is 4. The summed E-state index contributed by atoms with van der Waals surface area (Å²) in [5, 5.41) is 3.85. The molecule has 0 bridgehead atoms. The fraction of sp³-hybridized carbons (Fsp3) is 0.450. The Bertz CT molecular complexity index is 908. The Morgan fingerprint density at radius 3 is 2.72 bits per heavy atom. The van der Waals surface area contributed by atoms with E-state index in [0.29, 0.717) is 12.8 Å². The van der Waals surface area contributed by atoms with E-state index in [0.717, 1.165) is 16.4 Å². The first-order valence-electron chi connectivity index (χ1n) is 9.40. The number of hydrogen-bond acceptors (Lipinski definition) is 4. The van der Waals surface area contributed by atoms with Gasteiger partial charge in [-0.3, -0.25) is 9.59 Å². The van der Waals surface area contributed by atoms with Gasteiger partial charge in [-0.25, -0.2) is 4.68 Å². The van der Waals surface area contributed by atoms with E-state index >= 15 is 0 Å². The number of nitrogens with zero attached hydrogens (tertiary/aromatic N) is 3. The maximum atomic E-state index is 13.9. The Kier molecular flexibility index (Phi) is 5.95. The predicted octanol–water partition coefficient (Wildman–Crippen LogP) is 3.61. The molecule has 1 saturated heterocycles. The molecule has 0 saturated carbocycles. The van der Waals surface area contributed by atoms with Gasteiger partial charge in [-0.05, 0) is 44.4 Å². The molecule has 1 unspecified atom stereocenters. The quantitative estimate of drug-likeness (QED) is 0.724. The molecule has 1 aromatic heterocycles. The molecule has 2 heterocycles.